The molecule has 1 aliphatic rings. The van der Waals surface area contributed by atoms with Crippen LogP contribution in [-0.4, -0.2) is 36.1 Å². The Morgan fingerprint density at radius 3 is 2.54 bits per heavy atom. The van der Waals surface area contributed by atoms with E-state index in [0.717, 1.165) is 6.04 Å². The fourth-order valence-electron chi connectivity index (χ4n) is 1.91. The fraction of sp³-hybridized carbons (Fsp3) is 1.00. The maximum atomic E-state index is 3.67. The summed E-state index contributed by atoms with van der Waals surface area (Å²) in [6, 6.07) is 2.12. The van der Waals surface area contributed by atoms with Crippen molar-refractivity contribution in [2.75, 3.05) is 13.1 Å². The van der Waals surface area contributed by atoms with Gasteiger partial charge in [-0.2, -0.15) is 0 Å². The number of nitrogens with one attached hydrogen (secondary N) is 1. The normalized spacial score (nSPS) is 27.0. The molecule has 1 aliphatic heterocycles. The topological polar surface area (TPSA) is 15.3 Å². The van der Waals surface area contributed by atoms with Crippen LogP contribution in [0.5, 0.6) is 0 Å². The highest BCUT2D eigenvalue weighted by Crippen LogP contribution is 2.12. The highest BCUT2D eigenvalue weighted by Gasteiger charge is 2.24. The summed E-state index contributed by atoms with van der Waals surface area (Å²) in [5, 5.41) is 3.67. The summed E-state index contributed by atoms with van der Waals surface area (Å²) in [6.07, 6.45) is 2.56. The highest BCUT2D eigenvalue weighted by molar-refractivity contribution is 4.83. The predicted octanol–water partition coefficient (Wildman–Crippen LogP) is 1.86. The Morgan fingerprint density at radius 2 is 2.08 bits per heavy atom. The Balaban J connectivity index is 2.25. The molecule has 1 saturated heterocycles. The van der Waals surface area contributed by atoms with Crippen LogP contribution in [0.25, 0.3) is 0 Å². The lowest BCUT2D eigenvalue weighted by Crippen LogP contribution is -2.39. The Morgan fingerprint density at radius 1 is 1.38 bits per heavy atom. The molecule has 0 bridgehead atoms. The minimum absolute atomic E-state index is 0.678. The third kappa shape index (κ3) is 3.28. The van der Waals surface area contributed by atoms with Crippen LogP contribution in [0.15, 0.2) is 0 Å². The second-order valence-electron chi connectivity index (χ2n) is 4.55. The zero-order chi connectivity index (χ0) is 9.84. The Hall–Kier alpha value is -0.0800. The van der Waals surface area contributed by atoms with Crippen molar-refractivity contribution in [3.8, 4) is 0 Å². The van der Waals surface area contributed by atoms with Crippen LogP contribution in [0.4, 0.5) is 0 Å². The van der Waals surface area contributed by atoms with Gasteiger partial charge in [-0.05, 0) is 40.2 Å². The van der Waals surface area contributed by atoms with E-state index in [2.05, 4.69) is 37.9 Å². The van der Waals surface area contributed by atoms with Gasteiger partial charge in [-0.3, -0.25) is 4.90 Å². The molecule has 1 fully saturated rings. The van der Waals surface area contributed by atoms with Crippen LogP contribution >= 0.6 is 0 Å². The Bertz CT molecular complexity index is 145. The van der Waals surface area contributed by atoms with E-state index in [1.54, 1.807) is 0 Å². The average molecular weight is 184 g/mol. The van der Waals surface area contributed by atoms with E-state index >= 15 is 0 Å². The second-order valence-corrected chi connectivity index (χ2v) is 4.55. The highest BCUT2D eigenvalue weighted by atomic mass is 15.2. The number of hydrogen-bond donors (Lipinski definition) is 1. The van der Waals surface area contributed by atoms with E-state index in [1.165, 1.54) is 25.9 Å². The zero-order valence-corrected chi connectivity index (χ0v) is 9.51. The molecular formula is C11H24N2. The van der Waals surface area contributed by atoms with Gasteiger partial charge in [0.25, 0.3) is 0 Å². The number of likely N-dealkylation sites (tertiary alicyclic amines) is 1. The summed E-state index contributed by atoms with van der Waals surface area (Å²) in [7, 11) is 0. The lowest BCUT2D eigenvalue weighted by atomic mass is 10.2. The van der Waals surface area contributed by atoms with Crippen molar-refractivity contribution in [2.24, 2.45) is 0 Å². The van der Waals surface area contributed by atoms with E-state index in [-0.39, 0.29) is 0 Å². The molecule has 0 aromatic carbocycles. The minimum Gasteiger partial charge on any atom is -0.310 e. The van der Waals surface area contributed by atoms with Gasteiger partial charge in [0.15, 0.2) is 0 Å². The molecule has 1 rings (SSSR count). The van der Waals surface area contributed by atoms with E-state index in [0.29, 0.717) is 12.1 Å². The first-order valence-corrected chi connectivity index (χ1v) is 5.63. The third-order valence-electron chi connectivity index (χ3n) is 3.08. The van der Waals surface area contributed by atoms with Crippen molar-refractivity contribution in [1.29, 1.82) is 0 Å². The molecule has 2 unspecified atom stereocenters. The van der Waals surface area contributed by atoms with Gasteiger partial charge in [-0.15, -0.1) is 0 Å². The molecule has 0 saturated carbocycles. The van der Waals surface area contributed by atoms with Gasteiger partial charge < -0.3 is 5.32 Å². The molecule has 1 N–H and O–H groups in total. The monoisotopic (exact) mass is 184 g/mol. The average Bonchev–Trinajstić information content (AvgIpc) is 2.52. The van der Waals surface area contributed by atoms with Crippen molar-refractivity contribution in [1.82, 2.24) is 10.2 Å². The summed E-state index contributed by atoms with van der Waals surface area (Å²) < 4.78 is 0. The van der Waals surface area contributed by atoms with Crippen molar-refractivity contribution in [2.45, 2.75) is 58.7 Å². The molecule has 78 valence electrons. The standard InChI is InChI=1S/C11H24N2/c1-5-10(4)12-11-6-7-13(8-11)9(2)3/h9-12H,5-8H2,1-4H3. The lowest BCUT2D eigenvalue weighted by Gasteiger charge is -2.22. The lowest BCUT2D eigenvalue weighted by molar-refractivity contribution is 0.265. The predicted molar refractivity (Wildman–Crippen MR) is 58.0 cm³/mol. The van der Waals surface area contributed by atoms with Gasteiger partial charge in [0.05, 0.1) is 0 Å². The zero-order valence-electron chi connectivity index (χ0n) is 9.51. The maximum Gasteiger partial charge on any atom is 0.0209 e. The molecule has 13 heavy (non-hydrogen) atoms. The Kier molecular flexibility index (Phi) is 4.20. The largest absolute Gasteiger partial charge is 0.310 e. The van der Waals surface area contributed by atoms with E-state index < -0.39 is 0 Å². The van der Waals surface area contributed by atoms with Crippen LogP contribution in [0.3, 0.4) is 0 Å². The van der Waals surface area contributed by atoms with Gasteiger partial charge in [0.1, 0.15) is 0 Å². The Labute approximate surface area is 82.7 Å². The molecule has 0 aliphatic carbocycles. The van der Waals surface area contributed by atoms with Crippen molar-refractivity contribution in [3.63, 3.8) is 0 Å². The number of nitrogens with zero attached hydrogens (tertiary/aromatic N) is 1. The van der Waals surface area contributed by atoms with Crippen LogP contribution < -0.4 is 5.32 Å². The van der Waals surface area contributed by atoms with Gasteiger partial charge in [-0.25, -0.2) is 0 Å². The summed E-state index contributed by atoms with van der Waals surface area (Å²) >= 11 is 0. The molecular weight excluding hydrogens is 160 g/mol. The van der Waals surface area contributed by atoms with Crippen molar-refractivity contribution >= 4 is 0 Å². The molecule has 0 aromatic rings. The van der Waals surface area contributed by atoms with E-state index in [1.807, 2.05) is 0 Å². The fourth-order valence-corrected chi connectivity index (χ4v) is 1.91. The molecule has 2 heteroatoms. The SMILES string of the molecule is CCC(C)NC1CCN(C(C)C)C1. The third-order valence-corrected chi connectivity index (χ3v) is 3.08. The van der Waals surface area contributed by atoms with Gasteiger partial charge in [0.2, 0.25) is 0 Å². The molecule has 2 nitrogen and oxygen atoms in total. The second kappa shape index (κ2) is 4.97. The van der Waals surface area contributed by atoms with E-state index in [4.69, 9.17) is 0 Å². The molecule has 0 aromatic heterocycles. The quantitative estimate of drug-likeness (QED) is 0.717. The van der Waals surface area contributed by atoms with Crippen molar-refractivity contribution in [3.05, 3.63) is 0 Å². The van der Waals surface area contributed by atoms with Crippen LogP contribution in [-0.2, 0) is 0 Å². The maximum absolute atomic E-state index is 3.67. The van der Waals surface area contributed by atoms with Gasteiger partial charge in [-0.1, -0.05) is 6.92 Å². The smallest absolute Gasteiger partial charge is 0.0209 e. The summed E-state index contributed by atoms with van der Waals surface area (Å²) in [6.45, 7) is 11.6. The first-order chi connectivity index (χ1) is 6.13. The summed E-state index contributed by atoms with van der Waals surface area (Å²) in [4.78, 5) is 2.56. The first kappa shape index (κ1) is 11.0. The number of rotatable bonds is 4. The minimum atomic E-state index is 0.678. The summed E-state index contributed by atoms with van der Waals surface area (Å²) in [5.74, 6) is 0. The van der Waals surface area contributed by atoms with Gasteiger partial charge in [0, 0.05) is 24.7 Å². The molecule has 1 heterocycles. The van der Waals surface area contributed by atoms with Gasteiger partial charge >= 0.3 is 0 Å². The molecule has 0 radical (unpaired) electrons. The summed E-state index contributed by atoms with van der Waals surface area (Å²) in [5.41, 5.74) is 0. The molecule has 2 atom stereocenters. The molecule has 0 spiro atoms. The first-order valence-electron chi connectivity index (χ1n) is 5.63. The van der Waals surface area contributed by atoms with E-state index in [9.17, 15) is 0 Å². The molecule has 0 amide bonds. The van der Waals surface area contributed by atoms with Crippen LogP contribution in [0, 0.1) is 0 Å². The van der Waals surface area contributed by atoms with Crippen LogP contribution in [0.2, 0.25) is 0 Å². The van der Waals surface area contributed by atoms with Crippen LogP contribution in [0.1, 0.15) is 40.5 Å². The number of hydrogen-bond acceptors (Lipinski definition) is 2. The van der Waals surface area contributed by atoms with Crippen molar-refractivity contribution < 1.29 is 0 Å².